The molecule has 9 heteroatoms. The third-order valence-corrected chi connectivity index (χ3v) is 5.01. The molecule has 3 heterocycles. The predicted molar refractivity (Wildman–Crippen MR) is 102 cm³/mol. The number of hydrogen-bond acceptors (Lipinski definition) is 8. The Hall–Kier alpha value is -2.55. The topological polar surface area (TPSA) is 97.3 Å². The Morgan fingerprint density at radius 2 is 2.04 bits per heavy atom. The number of esters is 1. The molecule has 1 amide bonds. The Labute approximate surface area is 162 Å². The molecule has 1 N–H and O–H groups in total. The third-order valence-electron chi connectivity index (χ3n) is 4.25. The van der Waals surface area contributed by atoms with Gasteiger partial charge >= 0.3 is 5.97 Å². The van der Waals surface area contributed by atoms with Crippen LogP contribution in [0.25, 0.3) is 0 Å². The second-order valence-corrected chi connectivity index (χ2v) is 7.34. The van der Waals surface area contributed by atoms with Crippen molar-refractivity contribution in [3.05, 3.63) is 28.5 Å². The molecule has 1 aliphatic heterocycles. The van der Waals surface area contributed by atoms with Crippen LogP contribution in [0, 0.1) is 19.8 Å². The van der Waals surface area contributed by atoms with Crippen LogP contribution in [0.4, 0.5) is 11.1 Å². The molecule has 2 aromatic rings. The third kappa shape index (κ3) is 4.79. The van der Waals surface area contributed by atoms with Gasteiger partial charge in [-0.3, -0.25) is 9.59 Å². The summed E-state index contributed by atoms with van der Waals surface area (Å²) in [5.74, 6) is -0.207. The second kappa shape index (κ2) is 8.43. The molecule has 2 aromatic heterocycles. The van der Waals surface area contributed by atoms with E-state index in [9.17, 15) is 9.59 Å². The first-order chi connectivity index (χ1) is 13.0. The normalized spacial score (nSPS) is 16.9. The molecule has 1 aliphatic rings. The number of hydrogen-bond donors (Lipinski definition) is 1. The largest absolute Gasteiger partial charge is 0.466 e. The first kappa shape index (κ1) is 19.2. The number of likely N-dealkylation sites (tertiary alicyclic amines) is 1. The van der Waals surface area contributed by atoms with Crippen molar-refractivity contribution in [2.24, 2.45) is 5.92 Å². The van der Waals surface area contributed by atoms with Gasteiger partial charge in [-0.25, -0.2) is 15.0 Å². The van der Waals surface area contributed by atoms with Crippen LogP contribution in [-0.2, 0) is 9.53 Å². The molecule has 1 fully saturated rings. The minimum Gasteiger partial charge on any atom is -0.466 e. The summed E-state index contributed by atoms with van der Waals surface area (Å²) in [5, 5.41) is 5.32. The average molecular weight is 389 g/mol. The van der Waals surface area contributed by atoms with Gasteiger partial charge in [0.15, 0.2) is 5.13 Å². The molecule has 8 nitrogen and oxygen atoms in total. The van der Waals surface area contributed by atoms with Gasteiger partial charge in [0.1, 0.15) is 5.69 Å². The molecule has 27 heavy (non-hydrogen) atoms. The van der Waals surface area contributed by atoms with Crippen LogP contribution >= 0.6 is 11.3 Å². The minimum absolute atomic E-state index is 0.172. The van der Waals surface area contributed by atoms with E-state index in [4.69, 9.17) is 4.74 Å². The number of aromatic nitrogens is 3. The summed E-state index contributed by atoms with van der Waals surface area (Å²) >= 11 is 1.32. The zero-order valence-corrected chi connectivity index (χ0v) is 16.5. The van der Waals surface area contributed by atoms with Crippen molar-refractivity contribution < 1.29 is 14.3 Å². The van der Waals surface area contributed by atoms with Gasteiger partial charge in [-0.15, -0.1) is 11.3 Å². The maximum absolute atomic E-state index is 12.8. The van der Waals surface area contributed by atoms with Gasteiger partial charge in [-0.1, -0.05) is 0 Å². The van der Waals surface area contributed by atoms with Crippen LogP contribution < -0.4 is 5.32 Å². The Balaban J connectivity index is 1.66. The number of anilines is 2. The summed E-state index contributed by atoms with van der Waals surface area (Å²) in [6.07, 6.45) is 1.53. The summed E-state index contributed by atoms with van der Waals surface area (Å²) in [7, 11) is 0. The molecular weight excluding hydrogens is 366 g/mol. The van der Waals surface area contributed by atoms with E-state index < -0.39 is 0 Å². The molecule has 1 saturated heterocycles. The Morgan fingerprint density at radius 3 is 2.74 bits per heavy atom. The van der Waals surface area contributed by atoms with E-state index >= 15 is 0 Å². The van der Waals surface area contributed by atoms with Crippen molar-refractivity contribution in [3.63, 3.8) is 0 Å². The van der Waals surface area contributed by atoms with Crippen molar-refractivity contribution in [2.45, 2.75) is 33.6 Å². The number of carbonyl (C=O) groups is 2. The van der Waals surface area contributed by atoms with Crippen molar-refractivity contribution in [3.8, 4) is 0 Å². The molecule has 0 spiro atoms. The first-order valence-electron chi connectivity index (χ1n) is 8.97. The second-order valence-electron chi connectivity index (χ2n) is 6.48. The SMILES string of the molecule is CCOC(=O)C1CCCN(C(=O)c2csc(Nc3nc(C)cc(C)n3)n2)C1. The molecule has 0 saturated carbocycles. The van der Waals surface area contributed by atoms with Crippen molar-refractivity contribution in [1.29, 1.82) is 0 Å². The molecule has 0 aromatic carbocycles. The smallest absolute Gasteiger partial charge is 0.310 e. The molecule has 3 rings (SSSR count). The summed E-state index contributed by atoms with van der Waals surface area (Å²) in [6, 6.07) is 1.89. The van der Waals surface area contributed by atoms with Gasteiger partial charge in [-0.05, 0) is 39.7 Å². The van der Waals surface area contributed by atoms with Crippen LogP contribution in [0.5, 0.6) is 0 Å². The van der Waals surface area contributed by atoms with Gasteiger partial charge in [0, 0.05) is 29.9 Å². The van der Waals surface area contributed by atoms with E-state index in [0.717, 1.165) is 24.2 Å². The number of nitrogens with zero attached hydrogens (tertiary/aromatic N) is 4. The Morgan fingerprint density at radius 1 is 1.30 bits per heavy atom. The van der Waals surface area contributed by atoms with Crippen LogP contribution in [0.15, 0.2) is 11.4 Å². The van der Waals surface area contributed by atoms with Gasteiger partial charge in [0.05, 0.1) is 12.5 Å². The zero-order valence-electron chi connectivity index (χ0n) is 15.7. The molecular formula is C18H23N5O3S. The number of ether oxygens (including phenoxy) is 1. The number of amides is 1. The molecule has 144 valence electrons. The lowest BCUT2D eigenvalue weighted by Gasteiger charge is -2.31. The summed E-state index contributed by atoms with van der Waals surface area (Å²) in [6.45, 7) is 6.92. The van der Waals surface area contributed by atoms with Gasteiger partial charge in [-0.2, -0.15) is 0 Å². The fourth-order valence-electron chi connectivity index (χ4n) is 3.08. The number of thiazole rings is 1. The number of carbonyl (C=O) groups excluding carboxylic acids is 2. The fourth-order valence-corrected chi connectivity index (χ4v) is 3.76. The van der Waals surface area contributed by atoms with Crippen LogP contribution in [0.3, 0.4) is 0 Å². The lowest BCUT2D eigenvalue weighted by atomic mass is 9.98. The molecule has 1 unspecified atom stereocenters. The van der Waals surface area contributed by atoms with E-state index in [2.05, 4.69) is 20.3 Å². The quantitative estimate of drug-likeness (QED) is 0.785. The lowest BCUT2D eigenvalue weighted by molar-refractivity contribution is -0.149. The van der Waals surface area contributed by atoms with Crippen LogP contribution in [0.1, 0.15) is 41.6 Å². The molecule has 0 radical (unpaired) electrons. The molecule has 1 atom stereocenters. The maximum atomic E-state index is 12.8. The summed E-state index contributed by atoms with van der Waals surface area (Å²) in [4.78, 5) is 39.4. The first-order valence-corrected chi connectivity index (χ1v) is 9.85. The lowest BCUT2D eigenvalue weighted by Crippen LogP contribution is -2.42. The van der Waals surface area contributed by atoms with Gasteiger partial charge < -0.3 is 15.0 Å². The monoisotopic (exact) mass is 389 g/mol. The predicted octanol–water partition coefficient (Wildman–Crippen LogP) is 2.71. The van der Waals surface area contributed by atoms with E-state index in [0.29, 0.717) is 36.5 Å². The van der Waals surface area contributed by atoms with Gasteiger partial charge in [0.25, 0.3) is 5.91 Å². The van der Waals surface area contributed by atoms with Gasteiger partial charge in [0.2, 0.25) is 5.95 Å². The highest BCUT2D eigenvalue weighted by Crippen LogP contribution is 2.23. The minimum atomic E-state index is -0.262. The highest BCUT2D eigenvalue weighted by molar-refractivity contribution is 7.14. The van der Waals surface area contributed by atoms with E-state index in [-0.39, 0.29) is 17.8 Å². The Bertz CT molecular complexity index is 818. The molecule has 0 aliphatic carbocycles. The average Bonchev–Trinajstić information content (AvgIpc) is 3.09. The summed E-state index contributed by atoms with van der Waals surface area (Å²) in [5.41, 5.74) is 2.07. The van der Waals surface area contributed by atoms with E-state index in [1.54, 1.807) is 17.2 Å². The van der Waals surface area contributed by atoms with E-state index in [1.807, 2.05) is 19.9 Å². The van der Waals surface area contributed by atoms with Crippen LogP contribution in [-0.4, -0.2) is 51.4 Å². The van der Waals surface area contributed by atoms with Crippen molar-refractivity contribution >= 4 is 34.3 Å². The molecule has 0 bridgehead atoms. The standard InChI is InChI=1S/C18H23N5O3S/c1-4-26-16(25)13-6-5-7-23(9-13)15(24)14-10-27-18(21-14)22-17-19-11(2)8-12(3)20-17/h8,10,13H,4-7,9H2,1-3H3,(H,19,20,21,22). The number of aryl methyl sites for hydroxylation is 2. The number of rotatable bonds is 5. The van der Waals surface area contributed by atoms with Crippen molar-refractivity contribution in [1.82, 2.24) is 19.9 Å². The van der Waals surface area contributed by atoms with Crippen LogP contribution in [0.2, 0.25) is 0 Å². The van der Waals surface area contributed by atoms with Crippen molar-refractivity contribution in [2.75, 3.05) is 25.0 Å². The Kier molecular flexibility index (Phi) is 6.00. The highest BCUT2D eigenvalue weighted by Gasteiger charge is 2.30. The maximum Gasteiger partial charge on any atom is 0.310 e. The van der Waals surface area contributed by atoms with E-state index in [1.165, 1.54) is 11.3 Å². The fraction of sp³-hybridized carbons (Fsp3) is 0.500. The zero-order chi connectivity index (χ0) is 19.4. The number of piperidine rings is 1. The highest BCUT2D eigenvalue weighted by atomic mass is 32.1. The number of nitrogens with one attached hydrogen (secondary N) is 1. The summed E-state index contributed by atoms with van der Waals surface area (Å²) < 4.78 is 5.09.